The lowest BCUT2D eigenvalue weighted by Crippen LogP contribution is -2.00. The van der Waals surface area contributed by atoms with Gasteiger partial charge >= 0.3 is 11.9 Å². The van der Waals surface area contributed by atoms with Crippen molar-refractivity contribution in [2.24, 2.45) is 0 Å². The standard InChI is InChI=1S/C4H6O4.Al.3H/c5-3(6)1-2-4(7)8;;;;/h1-2H2,(H,5,6)(H,7,8);;;;. The van der Waals surface area contributed by atoms with Crippen molar-refractivity contribution in [2.75, 3.05) is 0 Å². The summed E-state index contributed by atoms with van der Waals surface area (Å²) in [6.07, 6.45) is -0.593. The van der Waals surface area contributed by atoms with Gasteiger partial charge in [0.25, 0.3) is 0 Å². The smallest absolute Gasteiger partial charge is 0.303 e. The molecule has 52 valence electrons. The van der Waals surface area contributed by atoms with Gasteiger partial charge in [-0.15, -0.1) is 0 Å². The summed E-state index contributed by atoms with van der Waals surface area (Å²) < 4.78 is 0. The van der Waals surface area contributed by atoms with Crippen LogP contribution in [-0.4, -0.2) is 39.5 Å². The SMILES string of the molecule is O=C(O)CCC(=O)O.[AlH3]. The molecule has 0 spiro atoms. The molecular formula is C4H9AlO4. The first-order valence-electron chi connectivity index (χ1n) is 2.06. The van der Waals surface area contributed by atoms with Crippen molar-refractivity contribution in [3.8, 4) is 0 Å². The average molecular weight is 148 g/mol. The largest absolute Gasteiger partial charge is 0.481 e. The highest BCUT2D eigenvalue weighted by Crippen LogP contribution is 1.85. The van der Waals surface area contributed by atoms with E-state index in [-0.39, 0.29) is 30.2 Å². The van der Waals surface area contributed by atoms with Gasteiger partial charge in [-0.1, -0.05) is 0 Å². The molecule has 0 aliphatic rings. The molecule has 0 atom stereocenters. The molecule has 0 aliphatic carbocycles. The molecule has 0 heterocycles. The van der Waals surface area contributed by atoms with Gasteiger partial charge in [0.2, 0.25) is 0 Å². The van der Waals surface area contributed by atoms with Crippen LogP contribution in [0.25, 0.3) is 0 Å². The Labute approximate surface area is 62.6 Å². The van der Waals surface area contributed by atoms with Gasteiger partial charge in [0.1, 0.15) is 0 Å². The summed E-state index contributed by atoms with van der Waals surface area (Å²) >= 11 is 0. The molecular weight excluding hydrogens is 139 g/mol. The van der Waals surface area contributed by atoms with E-state index in [2.05, 4.69) is 0 Å². The van der Waals surface area contributed by atoms with Crippen LogP contribution in [0.15, 0.2) is 0 Å². The van der Waals surface area contributed by atoms with Crippen molar-refractivity contribution in [1.29, 1.82) is 0 Å². The molecule has 5 heteroatoms. The first-order valence-corrected chi connectivity index (χ1v) is 2.06. The van der Waals surface area contributed by atoms with Crippen LogP contribution in [0.3, 0.4) is 0 Å². The zero-order valence-electron chi connectivity index (χ0n) is 4.13. The number of rotatable bonds is 3. The first kappa shape index (κ1) is 11.3. The van der Waals surface area contributed by atoms with E-state index in [9.17, 15) is 9.59 Å². The minimum atomic E-state index is -1.08. The van der Waals surface area contributed by atoms with Crippen LogP contribution in [0.5, 0.6) is 0 Å². The molecule has 0 saturated heterocycles. The Kier molecular flexibility index (Phi) is 7.03. The lowest BCUT2D eigenvalue weighted by Gasteiger charge is -1.85. The van der Waals surface area contributed by atoms with Crippen LogP contribution in [0.1, 0.15) is 12.8 Å². The monoisotopic (exact) mass is 148 g/mol. The Bertz CT molecular complexity index is 97.1. The Balaban J connectivity index is 0. The van der Waals surface area contributed by atoms with Gasteiger partial charge in [0, 0.05) is 0 Å². The molecule has 4 nitrogen and oxygen atoms in total. The molecule has 0 rings (SSSR count). The number of carbonyl (C=O) groups is 2. The summed E-state index contributed by atoms with van der Waals surface area (Å²) in [5.41, 5.74) is 0. The zero-order chi connectivity index (χ0) is 6.57. The normalized spacial score (nSPS) is 7.56. The minimum absolute atomic E-state index is 0. The maximum atomic E-state index is 9.64. The third-order valence-corrected chi connectivity index (χ3v) is 0.553. The van der Waals surface area contributed by atoms with Gasteiger partial charge in [-0.3, -0.25) is 9.59 Å². The van der Waals surface area contributed by atoms with E-state index in [1.54, 1.807) is 0 Å². The molecule has 0 aliphatic heterocycles. The summed E-state index contributed by atoms with van der Waals surface area (Å²) in [6.45, 7) is 0. The van der Waals surface area contributed by atoms with Crippen LogP contribution in [0, 0.1) is 0 Å². The van der Waals surface area contributed by atoms with Crippen molar-refractivity contribution in [2.45, 2.75) is 12.8 Å². The first-order chi connectivity index (χ1) is 3.63. The molecule has 0 saturated carbocycles. The summed E-state index contributed by atoms with van der Waals surface area (Å²) in [5, 5.41) is 15.8. The number of hydrogen-bond donors (Lipinski definition) is 2. The molecule has 0 fully saturated rings. The molecule has 0 bridgehead atoms. The zero-order valence-corrected chi connectivity index (χ0v) is 4.13. The van der Waals surface area contributed by atoms with Crippen LogP contribution < -0.4 is 0 Å². The third kappa shape index (κ3) is 11.2. The van der Waals surface area contributed by atoms with E-state index < -0.39 is 11.9 Å². The minimum Gasteiger partial charge on any atom is -0.481 e. The molecule has 2 N–H and O–H groups in total. The Morgan fingerprint density at radius 1 is 1.00 bits per heavy atom. The maximum absolute atomic E-state index is 9.64. The van der Waals surface area contributed by atoms with E-state index in [1.807, 2.05) is 0 Å². The van der Waals surface area contributed by atoms with E-state index in [0.717, 1.165) is 0 Å². The van der Waals surface area contributed by atoms with E-state index in [1.165, 1.54) is 0 Å². The van der Waals surface area contributed by atoms with Gasteiger partial charge in [0.05, 0.1) is 12.8 Å². The topological polar surface area (TPSA) is 74.6 Å². The van der Waals surface area contributed by atoms with E-state index >= 15 is 0 Å². The van der Waals surface area contributed by atoms with E-state index in [0.29, 0.717) is 0 Å². The Hall–Kier alpha value is -0.528. The highest BCUT2D eigenvalue weighted by atomic mass is 27.0. The van der Waals surface area contributed by atoms with Crippen LogP contribution >= 0.6 is 0 Å². The van der Waals surface area contributed by atoms with Crippen molar-refractivity contribution in [3.63, 3.8) is 0 Å². The molecule has 0 aromatic carbocycles. The summed E-state index contributed by atoms with van der Waals surface area (Å²) in [6, 6.07) is 0. The Morgan fingerprint density at radius 2 is 1.22 bits per heavy atom. The van der Waals surface area contributed by atoms with Crippen LogP contribution in [-0.2, 0) is 9.59 Å². The fraction of sp³-hybridized carbons (Fsp3) is 0.500. The quantitative estimate of drug-likeness (QED) is 0.490. The lowest BCUT2D eigenvalue weighted by atomic mass is 10.3. The molecule has 0 amide bonds. The van der Waals surface area contributed by atoms with Gasteiger partial charge in [0.15, 0.2) is 17.4 Å². The molecule has 9 heavy (non-hydrogen) atoms. The molecule has 0 unspecified atom stereocenters. The summed E-state index contributed by atoms with van der Waals surface area (Å²) in [7, 11) is 0. The van der Waals surface area contributed by atoms with Crippen molar-refractivity contribution < 1.29 is 19.8 Å². The predicted octanol–water partition coefficient (Wildman–Crippen LogP) is -1.25. The molecule has 0 aromatic rings. The van der Waals surface area contributed by atoms with E-state index in [4.69, 9.17) is 10.2 Å². The molecule has 0 radical (unpaired) electrons. The second kappa shape index (κ2) is 5.61. The fourth-order valence-corrected chi connectivity index (χ4v) is 0.214. The van der Waals surface area contributed by atoms with Gasteiger partial charge in [-0.2, -0.15) is 0 Å². The second-order valence-corrected chi connectivity index (χ2v) is 1.29. The fourth-order valence-electron chi connectivity index (χ4n) is 0.214. The summed E-state index contributed by atoms with van der Waals surface area (Å²) in [4.78, 5) is 19.3. The van der Waals surface area contributed by atoms with Gasteiger partial charge < -0.3 is 10.2 Å². The van der Waals surface area contributed by atoms with Gasteiger partial charge in [-0.25, -0.2) is 0 Å². The maximum Gasteiger partial charge on any atom is 0.303 e. The van der Waals surface area contributed by atoms with Crippen molar-refractivity contribution in [1.82, 2.24) is 0 Å². The highest BCUT2D eigenvalue weighted by Gasteiger charge is 2.00. The third-order valence-electron chi connectivity index (χ3n) is 0.553. The van der Waals surface area contributed by atoms with Crippen LogP contribution in [0.2, 0.25) is 0 Å². The van der Waals surface area contributed by atoms with Crippen molar-refractivity contribution >= 4 is 29.3 Å². The van der Waals surface area contributed by atoms with Crippen molar-refractivity contribution in [3.05, 3.63) is 0 Å². The number of aliphatic carboxylic acids is 2. The highest BCUT2D eigenvalue weighted by molar-refractivity contribution is 5.75. The second-order valence-electron chi connectivity index (χ2n) is 1.29. The summed E-state index contributed by atoms with van der Waals surface area (Å²) in [5.74, 6) is -2.15. The average Bonchev–Trinajstić information content (AvgIpc) is 1.61. The van der Waals surface area contributed by atoms with Crippen LogP contribution in [0.4, 0.5) is 0 Å². The molecule has 0 aromatic heterocycles. The number of carboxylic acids is 2. The van der Waals surface area contributed by atoms with Gasteiger partial charge in [-0.05, 0) is 0 Å². The predicted molar refractivity (Wildman–Crippen MR) is 34.4 cm³/mol. The number of carboxylic acid groups (broad SMARTS) is 2. The lowest BCUT2D eigenvalue weighted by molar-refractivity contribution is -0.143. The number of hydrogen-bond acceptors (Lipinski definition) is 2. The Morgan fingerprint density at radius 3 is 1.33 bits per heavy atom.